The molecule has 4 aromatic rings. The summed E-state index contributed by atoms with van der Waals surface area (Å²) in [7, 11) is 0. The number of fused-ring (bicyclic) bond motifs is 1. The zero-order valence-corrected chi connectivity index (χ0v) is 21.2. The highest BCUT2D eigenvalue weighted by atomic mass is 32.2. The van der Waals surface area contributed by atoms with Crippen LogP contribution in [0.3, 0.4) is 0 Å². The first-order valence-corrected chi connectivity index (χ1v) is 12.2. The number of carbonyl (C=O) groups is 1. The smallest absolute Gasteiger partial charge is 0.423 e. The number of imidazole rings is 1. The molecule has 34 heavy (non-hydrogen) atoms. The van der Waals surface area contributed by atoms with Crippen LogP contribution in [0.2, 0.25) is 0 Å². The molecule has 4 rings (SSSR count). The third kappa shape index (κ3) is 4.97. The van der Waals surface area contributed by atoms with E-state index >= 15 is 0 Å². The van der Waals surface area contributed by atoms with Crippen molar-refractivity contribution < 1.29 is 18.8 Å². The summed E-state index contributed by atoms with van der Waals surface area (Å²) < 4.78 is 18.3. The first kappa shape index (κ1) is 23.9. The highest BCUT2D eigenvalue weighted by Crippen LogP contribution is 2.38. The van der Waals surface area contributed by atoms with E-state index in [1.807, 2.05) is 65.8 Å². The van der Waals surface area contributed by atoms with E-state index < -0.39 is 11.7 Å². The molecule has 7 nitrogen and oxygen atoms in total. The summed E-state index contributed by atoms with van der Waals surface area (Å²) >= 11 is 1.66. The van der Waals surface area contributed by atoms with E-state index in [1.165, 1.54) is 10.1 Å². The molecule has 178 valence electrons. The molecule has 0 N–H and O–H groups in total. The van der Waals surface area contributed by atoms with Gasteiger partial charge in [-0.2, -0.15) is 9.55 Å². The first-order chi connectivity index (χ1) is 16.2. The number of hydrogen-bond donors (Lipinski definition) is 0. The molecule has 2 aromatic heterocycles. The quantitative estimate of drug-likeness (QED) is 0.282. The lowest BCUT2D eigenvalue weighted by Gasteiger charge is -2.20. The zero-order valence-electron chi connectivity index (χ0n) is 20.3. The lowest BCUT2D eigenvalue weighted by molar-refractivity contribution is 0.0527. The van der Waals surface area contributed by atoms with E-state index in [4.69, 9.17) is 19.0 Å². The van der Waals surface area contributed by atoms with Crippen molar-refractivity contribution in [2.75, 3.05) is 6.61 Å². The molecule has 8 heteroatoms. The lowest BCUT2D eigenvalue weighted by atomic mass is 10.0. The molecule has 0 atom stereocenters. The van der Waals surface area contributed by atoms with Gasteiger partial charge in [0.05, 0.1) is 17.8 Å². The van der Waals surface area contributed by atoms with Gasteiger partial charge in [-0.3, -0.25) is 0 Å². The van der Waals surface area contributed by atoms with Crippen molar-refractivity contribution in [3.63, 3.8) is 0 Å². The van der Waals surface area contributed by atoms with Gasteiger partial charge >= 0.3 is 12.1 Å². The van der Waals surface area contributed by atoms with E-state index in [2.05, 4.69) is 23.4 Å². The first-order valence-electron chi connectivity index (χ1n) is 11.2. The van der Waals surface area contributed by atoms with Crippen LogP contribution in [0, 0.1) is 13.8 Å². The third-order valence-corrected chi connectivity index (χ3v) is 6.20. The molecule has 0 saturated heterocycles. The van der Waals surface area contributed by atoms with Crippen LogP contribution in [-0.4, -0.2) is 33.0 Å². The maximum Gasteiger partial charge on any atom is 0.423 e. The summed E-state index contributed by atoms with van der Waals surface area (Å²) in [5.74, 6) is 1.47. The average Bonchev–Trinajstić information content (AvgIpc) is 3.30. The van der Waals surface area contributed by atoms with E-state index in [-0.39, 0.29) is 6.01 Å². The number of aryl methyl sites for hydroxylation is 2. The Bertz CT molecular complexity index is 1300. The van der Waals surface area contributed by atoms with Crippen molar-refractivity contribution in [1.82, 2.24) is 14.7 Å². The van der Waals surface area contributed by atoms with E-state index in [9.17, 15) is 4.79 Å². The number of rotatable bonds is 6. The van der Waals surface area contributed by atoms with Gasteiger partial charge in [0, 0.05) is 16.2 Å². The second kappa shape index (κ2) is 9.54. The fourth-order valence-electron chi connectivity index (χ4n) is 3.72. The van der Waals surface area contributed by atoms with Gasteiger partial charge in [-0.1, -0.05) is 35.5 Å². The van der Waals surface area contributed by atoms with E-state index in [1.54, 1.807) is 11.8 Å². The fraction of sp³-hybridized carbons (Fsp3) is 0.346. The van der Waals surface area contributed by atoms with Crippen LogP contribution in [0.15, 0.2) is 51.9 Å². The van der Waals surface area contributed by atoms with Crippen LogP contribution in [0.25, 0.3) is 22.2 Å². The Morgan fingerprint density at radius 1 is 1.15 bits per heavy atom. The molecular weight excluding hydrogens is 450 g/mol. The Morgan fingerprint density at radius 2 is 1.88 bits per heavy atom. The second-order valence-electron chi connectivity index (χ2n) is 8.96. The number of ether oxygens (including phenoxy) is 2. The molecule has 0 unspecified atom stereocenters. The molecule has 0 aliphatic heterocycles. The summed E-state index contributed by atoms with van der Waals surface area (Å²) in [4.78, 5) is 18.9. The van der Waals surface area contributed by atoms with Gasteiger partial charge in [0.25, 0.3) is 0 Å². The normalized spacial score (nSPS) is 11.7. The Kier molecular flexibility index (Phi) is 6.70. The minimum absolute atomic E-state index is 0.212. The van der Waals surface area contributed by atoms with Gasteiger partial charge in [0.2, 0.25) is 0 Å². The highest BCUT2D eigenvalue weighted by Gasteiger charge is 2.26. The number of hydrogen-bond acceptors (Lipinski definition) is 7. The minimum Gasteiger partial charge on any atom is -0.465 e. The summed E-state index contributed by atoms with van der Waals surface area (Å²) in [6.45, 7) is 11.5. The largest absolute Gasteiger partial charge is 0.465 e. The Morgan fingerprint density at radius 3 is 2.50 bits per heavy atom. The molecule has 0 saturated carbocycles. The predicted molar refractivity (Wildman–Crippen MR) is 134 cm³/mol. The predicted octanol–water partition coefficient (Wildman–Crippen LogP) is 6.78. The van der Waals surface area contributed by atoms with E-state index in [0.717, 1.165) is 27.5 Å². The molecule has 0 spiro atoms. The topological polar surface area (TPSA) is 79.4 Å². The summed E-state index contributed by atoms with van der Waals surface area (Å²) in [5.41, 5.74) is 4.41. The molecule has 0 radical (unpaired) electrons. The zero-order chi connectivity index (χ0) is 24.5. The minimum atomic E-state index is -0.665. The van der Waals surface area contributed by atoms with Crippen molar-refractivity contribution in [1.29, 1.82) is 0 Å². The van der Waals surface area contributed by atoms with E-state index in [0.29, 0.717) is 23.4 Å². The van der Waals surface area contributed by atoms with Crippen LogP contribution in [0.4, 0.5) is 4.79 Å². The summed E-state index contributed by atoms with van der Waals surface area (Å²) in [6.07, 6.45) is -0.534. The fourth-order valence-corrected chi connectivity index (χ4v) is 4.73. The molecule has 0 bridgehead atoms. The molecule has 0 aliphatic carbocycles. The molecule has 2 aromatic carbocycles. The van der Waals surface area contributed by atoms with Crippen molar-refractivity contribution in [3.8, 4) is 17.1 Å². The highest BCUT2D eigenvalue weighted by molar-refractivity contribution is 7.98. The van der Waals surface area contributed by atoms with Crippen LogP contribution in [0.1, 0.15) is 44.7 Å². The molecule has 0 aliphatic rings. The number of benzene rings is 2. The number of thioether (sulfide) groups is 1. The van der Waals surface area contributed by atoms with Crippen molar-refractivity contribution in [3.05, 3.63) is 59.5 Å². The molecule has 0 amide bonds. The van der Waals surface area contributed by atoms with Crippen LogP contribution >= 0.6 is 11.8 Å². The van der Waals surface area contributed by atoms with Gasteiger partial charge in [0.1, 0.15) is 16.9 Å². The van der Waals surface area contributed by atoms with Crippen molar-refractivity contribution in [2.45, 2.75) is 57.8 Å². The van der Waals surface area contributed by atoms with Gasteiger partial charge < -0.3 is 14.0 Å². The molecule has 0 fully saturated rings. The van der Waals surface area contributed by atoms with Crippen molar-refractivity contribution in [2.24, 2.45) is 0 Å². The number of nitrogens with zero attached hydrogens (tertiary/aromatic N) is 3. The Balaban J connectivity index is 1.91. The molecule has 2 heterocycles. The van der Waals surface area contributed by atoms with Gasteiger partial charge in [-0.15, -0.1) is 11.8 Å². The Hall–Kier alpha value is -3.26. The molecular formula is C26H29N3O4S. The maximum atomic E-state index is 13.2. The Labute approximate surface area is 203 Å². The monoisotopic (exact) mass is 479 g/mol. The second-order valence-corrected chi connectivity index (χ2v) is 9.98. The maximum absolute atomic E-state index is 13.2. The van der Waals surface area contributed by atoms with Gasteiger partial charge in [-0.25, -0.2) is 4.79 Å². The van der Waals surface area contributed by atoms with Crippen molar-refractivity contribution >= 4 is 28.9 Å². The SMILES string of the molecule is CCOc1nc2c(SCc3ccccc3)cc(-c3c(C)noc3C)cc2n1C(=O)OC(C)(C)C. The standard InChI is InChI=1S/C26H29N3O4S/c1-7-31-24-27-23-20(29(24)25(30)32-26(4,5)6)13-19(22-16(2)28-33-17(22)3)14-21(23)34-15-18-11-9-8-10-12-18/h8-14H,7,15H2,1-6H3. The van der Waals surface area contributed by atoms with Crippen LogP contribution in [-0.2, 0) is 10.5 Å². The third-order valence-electron chi connectivity index (χ3n) is 5.10. The van der Waals surface area contributed by atoms with Crippen LogP contribution < -0.4 is 4.74 Å². The number of carbonyl (C=O) groups excluding carboxylic acids is 1. The van der Waals surface area contributed by atoms with Gasteiger partial charge in [0.15, 0.2) is 0 Å². The lowest BCUT2D eigenvalue weighted by Crippen LogP contribution is -2.27. The summed E-state index contributed by atoms with van der Waals surface area (Å²) in [5, 5.41) is 4.12. The van der Waals surface area contributed by atoms with Gasteiger partial charge in [-0.05, 0) is 64.8 Å². The summed E-state index contributed by atoms with van der Waals surface area (Å²) in [6, 6.07) is 14.4. The average molecular weight is 480 g/mol. The number of aromatic nitrogens is 3. The van der Waals surface area contributed by atoms with Crippen LogP contribution in [0.5, 0.6) is 6.01 Å².